The van der Waals surface area contributed by atoms with Crippen LogP contribution in [0, 0.1) is 11.3 Å². The summed E-state index contributed by atoms with van der Waals surface area (Å²) in [4.78, 5) is 19.7. The number of rotatable bonds is 9. The molecule has 4 aromatic carbocycles. The molecule has 1 aliphatic heterocycles. The number of hydrogen-bond donors (Lipinski definition) is 1. The fourth-order valence-electron chi connectivity index (χ4n) is 5.57. The molecule has 1 fully saturated rings. The van der Waals surface area contributed by atoms with Gasteiger partial charge in [0.1, 0.15) is 6.04 Å². The van der Waals surface area contributed by atoms with Gasteiger partial charge in [0, 0.05) is 40.1 Å². The number of amides is 1. The normalized spacial score (nSPS) is 17.5. The molecule has 0 radical (unpaired) electrons. The van der Waals surface area contributed by atoms with Crippen LogP contribution in [0.15, 0.2) is 90.0 Å². The zero-order valence-corrected chi connectivity index (χ0v) is 21.7. The Morgan fingerprint density at radius 3 is 2.18 bits per heavy atom. The van der Waals surface area contributed by atoms with Crippen molar-refractivity contribution in [2.45, 2.75) is 43.8 Å². The van der Waals surface area contributed by atoms with E-state index < -0.39 is 12.1 Å². The van der Waals surface area contributed by atoms with Gasteiger partial charge in [-0.25, -0.2) is 0 Å². The standard InChI is InChI=1S/C31H31N7O/c32-20-25-19-24(35-36-34)21-38(25)31(39)28(33)15-5-6-18-37(29-16-7-11-22-9-1-3-13-26(22)29)30-17-8-12-23-10-2-4-14-27(23)30/h1-4,7-14,16-17,24-25,28H,5-6,15,18-19,21,33H2/t24?,25-,28-/m0/s1. The summed E-state index contributed by atoms with van der Waals surface area (Å²) in [5, 5.41) is 17.9. The summed E-state index contributed by atoms with van der Waals surface area (Å²) >= 11 is 0. The maximum Gasteiger partial charge on any atom is 0.240 e. The number of benzene rings is 4. The van der Waals surface area contributed by atoms with Crippen molar-refractivity contribution < 1.29 is 4.79 Å². The lowest BCUT2D eigenvalue weighted by molar-refractivity contribution is -0.132. The monoisotopic (exact) mass is 517 g/mol. The van der Waals surface area contributed by atoms with Gasteiger partial charge in [-0.1, -0.05) is 77.9 Å². The lowest BCUT2D eigenvalue weighted by atomic mass is 10.0. The van der Waals surface area contributed by atoms with Crippen LogP contribution in [-0.4, -0.2) is 42.0 Å². The van der Waals surface area contributed by atoms with Gasteiger partial charge in [-0.2, -0.15) is 5.26 Å². The molecule has 0 aromatic heterocycles. The number of nitrogens with two attached hydrogens (primary N) is 1. The highest BCUT2D eigenvalue weighted by Gasteiger charge is 2.36. The van der Waals surface area contributed by atoms with Gasteiger partial charge in [0.05, 0.1) is 18.2 Å². The van der Waals surface area contributed by atoms with Crippen LogP contribution in [0.5, 0.6) is 0 Å². The van der Waals surface area contributed by atoms with E-state index in [1.807, 2.05) is 0 Å². The highest BCUT2D eigenvalue weighted by molar-refractivity contribution is 6.01. The number of unbranched alkanes of at least 4 members (excludes halogenated alkanes) is 1. The van der Waals surface area contributed by atoms with Crippen molar-refractivity contribution in [1.82, 2.24) is 4.90 Å². The minimum atomic E-state index is -0.700. The first kappa shape index (κ1) is 26.1. The second-order valence-electron chi connectivity index (χ2n) is 9.98. The van der Waals surface area contributed by atoms with E-state index in [1.165, 1.54) is 26.4 Å². The van der Waals surface area contributed by atoms with E-state index in [-0.39, 0.29) is 18.5 Å². The van der Waals surface area contributed by atoms with Crippen LogP contribution in [0.1, 0.15) is 25.7 Å². The Bertz CT molecular complexity index is 1480. The van der Waals surface area contributed by atoms with Crippen molar-refractivity contribution in [3.8, 4) is 6.07 Å². The van der Waals surface area contributed by atoms with Crippen LogP contribution in [0.25, 0.3) is 32.0 Å². The Hall–Kier alpha value is -4.57. The molecule has 0 spiro atoms. The zero-order chi connectivity index (χ0) is 27.2. The summed E-state index contributed by atoms with van der Waals surface area (Å²) < 4.78 is 0. The number of carbonyl (C=O) groups excluding carboxylic acids is 1. The van der Waals surface area contributed by atoms with Crippen molar-refractivity contribution in [2.24, 2.45) is 10.8 Å². The van der Waals surface area contributed by atoms with E-state index in [1.54, 1.807) is 0 Å². The second-order valence-corrected chi connectivity index (χ2v) is 9.98. The van der Waals surface area contributed by atoms with Crippen molar-refractivity contribution in [2.75, 3.05) is 18.0 Å². The first-order chi connectivity index (χ1) is 19.1. The zero-order valence-electron chi connectivity index (χ0n) is 21.7. The van der Waals surface area contributed by atoms with Crippen molar-refractivity contribution in [3.05, 3.63) is 95.4 Å². The molecule has 1 amide bonds. The molecule has 8 heteroatoms. The van der Waals surface area contributed by atoms with Crippen LogP contribution in [-0.2, 0) is 4.79 Å². The summed E-state index contributed by atoms with van der Waals surface area (Å²) in [7, 11) is 0. The molecule has 39 heavy (non-hydrogen) atoms. The van der Waals surface area contributed by atoms with Crippen LogP contribution in [0.3, 0.4) is 0 Å². The van der Waals surface area contributed by atoms with Gasteiger partial charge in [-0.15, -0.1) is 0 Å². The molecule has 0 saturated carbocycles. The largest absolute Gasteiger partial charge is 0.340 e. The Morgan fingerprint density at radius 2 is 1.59 bits per heavy atom. The van der Waals surface area contributed by atoms with Crippen molar-refractivity contribution in [3.63, 3.8) is 0 Å². The van der Waals surface area contributed by atoms with E-state index in [0.29, 0.717) is 12.8 Å². The molecule has 2 N–H and O–H groups in total. The number of hydrogen-bond acceptors (Lipinski definition) is 5. The highest BCUT2D eigenvalue weighted by Crippen LogP contribution is 2.36. The third-order valence-corrected chi connectivity index (χ3v) is 7.50. The summed E-state index contributed by atoms with van der Waals surface area (Å²) in [6.07, 6.45) is 2.45. The number of nitrogens with zero attached hydrogens (tertiary/aromatic N) is 6. The topological polar surface area (TPSA) is 122 Å². The van der Waals surface area contributed by atoms with Crippen molar-refractivity contribution in [1.29, 1.82) is 5.26 Å². The molecular formula is C31H31N7O. The summed E-state index contributed by atoms with van der Waals surface area (Å²) in [6, 6.07) is 30.0. The minimum Gasteiger partial charge on any atom is -0.340 e. The van der Waals surface area contributed by atoms with Gasteiger partial charge in [-0.05, 0) is 54.1 Å². The van der Waals surface area contributed by atoms with E-state index in [2.05, 4.69) is 106 Å². The van der Waals surface area contributed by atoms with E-state index in [9.17, 15) is 10.1 Å². The Kier molecular flexibility index (Phi) is 7.93. The van der Waals surface area contributed by atoms with Gasteiger partial charge in [-0.3, -0.25) is 4.79 Å². The Labute approximate surface area is 227 Å². The van der Waals surface area contributed by atoms with Crippen LogP contribution < -0.4 is 10.6 Å². The highest BCUT2D eigenvalue weighted by atomic mass is 16.2. The summed E-state index contributed by atoms with van der Waals surface area (Å²) in [6.45, 7) is 0.997. The maximum absolute atomic E-state index is 13.0. The molecule has 0 aliphatic carbocycles. The molecule has 5 rings (SSSR count). The molecule has 4 aromatic rings. The molecule has 1 aliphatic rings. The average molecular weight is 518 g/mol. The predicted molar refractivity (Wildman–Crippen MR) is 155 cm³/mol. The number of fused-ring (bicyclic) bond motifs is 2. The van der Waals surface area contributed by atoms with Gasteiger partial charge >= 0.3 is 0 Å². The van der Waals surface area contributed by atoms with E-state index in [0.717, 1.165) is 30.8 Å². The van der Waals surface area contributed by atoms with Crippen LogP contribution in [0.2, 0.25) is 0 Å². The number of anilines is 2. The van der Waals surface area contributed by atoms with Gasteiger partial charge in [0.25, 0.3) is 0 Å². The third-order valence-electron chi connectivity index (χ3n) is 7.50. The molecule has 0 bridgehead atoms. The first-order valence-electron chi connectivity index (χ1n) is 13.3. The second kappa shape index (κ2) is 11.9. The minimum absolute atomic E-state index is 0.241. The molecule has 1 saturated heterocycles. The first-order valence-corrected chi connectivity index (χ1v) is 13.3. The van der Waals surface area contributed by atoms with Crippen LogP contribution in [0.4, 0.5) is 11.4 Å². The maximum atomic E-state index is 13.0. The quantitative estimate of drug-likeness (QED) is 0.119. The summed E-state index contributed by atoms with van der Waals surface area (Å²) in [5.74, 6) is -0.253. The Balaban J connectivity index is 1.33. The molecule has 1 unspecified atom stereocenters. The van der Waals surface area contributed by atoms with Crippen LogP contribution >= 0.6 is 0 Å². The number of nitriles is 1. The lowest BCUT2D eigenvalue weighted by Gasteiger charge is -2.28. The molecule has 196 valence electrons. The molecule has 8 nitrogen and oxygen atoms in total. The van der Waals surface area contributed by atoms with Gasteiger partial charge in [0.15, 0.2) is 0 Å². The van der Waals surface area contributed by atoms with Crippen molar-refractivity contribution >= 4 is 38.8 Å². The van der Waals surface area contributed by atoms with Gasteiger partial charge in [0.2, 0.25) is 5.91 Å². The predicted octanol–water partition coefficient (Wildman–Crippen LogP) is 6.43. The van der Waals surface area contributed by atoms with E-state index in [4.69, 9.17) is 11.3 Å². The molecule has 1 heterocycles. The van der Waals surface area contributed by atoms with Gasteiger partial charge < -0.3 is 15.5 Å². The average Bonchev–Trinajstić information content (AvgIpc) is 3.39. The smallest absolute Gasteiger partial charge is 0.240 e. The molecule has 3 atom stereocenters. The van der Waals surface area contributed by atoms with E-state index >= 15 is 0 Å². The fraction of sp³-hybridized carbons (Fsp3) is 0.290. The fourth-order valence-corrected chi connectivity index (χ4v) is 5.57. The Morgan fingerprint density at radius 1 is 1.00 bits per heavy atom. The third kappa shape index (κ3) is 5.51. The number of likely N-dealkylation sites (tertiary alicyclic amines) is 1. The number of azide groups is 1. The number of carbonyl (C=O) groups is 1. The SMILES string of the molecule is N#C[C@@H]1CC(N=[N+]=[N-])CN1C(=O)[C@@H](N)CCCCN(c1cccc2ccccc12)c1cccc2ccccc12. The molecular weight excluding hydrogens is 486 g/mol. The summed E-state index contributed by atoms with van der Waals surface area (Å²) in [5.41, 5.74) is 17.3. The lowest BCUT2D eigenvalue weighted by Crippen LogP contribution is -2.46.